The molecule has 0 aliphatic heterocycles. The number of nitrogen functional groups attached to an aromatic ring is 1. The molecule has 0 atom stereocenters. The zero-order valence-electron chi connectivity index (χ0n) is 10.7. The lowest BCUT2D eigenvalue weighted by molar-refractivity contribution is 0.0697. The monoisotopic (exact) mass is 250 g/mol. The van der Waals surface area contributed by atoms with Gasteiger partial charge in [0, 0.05) is 13.1 Å². The molecule has 1 fully saturated rings. The van der Waals surface area contributed by atoms with Crippen LogP contribution in [0.5, 0.6) is 0 Å². The van der Waals surface area contributed by atoms with E-state index in [0.717, 1.165) is 25.7 Å². The summed E-state index contributed by atoms with van der Waals surface area (Å²) in [6.07, 6.45) is 5.59. The van der Waals surface area contributed by atoms with Gasteiger partial charge in [-0.15, -0.1) is 0 Å². The van der Waals surface area contributed by atoms with Crippen LogP contribution in [0.15, 0.2) is 18.2 Å². The average Bonchev–Trinajstić information content (AvgIpc) is 2.41. The van der Waals surface area contributed by atoms with E-state index in [4.69, 9.17) is 5.73 Å². The van der Waals surface area contributed by atoms with Gasteiger partial charge in [0.2, 0.25) is 0 Å². The highest BCUT2D eigenvalue weighted by Gasteiger charge is 2.24. The molecule has 0 saturated heterocycles. The Morgan fingerprint density at radius 1 is 1.33 bits per heavy atom. The summed E-state index contributed by atoms with van der Waals surface area (Å²) in [4.78, 5) is 14.0. The quantitative estimate of drug-likeness (QED) is 0.820. The molecule has 0 unspecified atom stereocenters. The maximum Gasteiger partial charge on any atom is 0.256 e. The summed E-state index contributed by atoms with van der Waals surface area (Å²) in [7, 11) is 1.78. The molecular formula is C14H19FN2O. The van der Waals surface area contributed by atoms with Gasteiger partial charge in [-0.25, -0.2) is 4.39 Å². The summed E-state index contributed by atoms with van der Waals surface area (Å²) in [5.74, 6) is -0.711. The second-order valence-corrected chi connectivity index (χ2v) is 4.91. The van der Waals surface area contributed by atoms with Crippen LogP contribution >= 0.6 is 0 Å². The van der Waals surface area contributed by atoms with E-state index in [1.54, 1.807) is 18.0 Å². The van der Waals surface area contributed by atoms with Crippen molar-refractivity contribution >= 4 is 11.6 Å². The Morgan fingerprint density at radius 2 is 2.00 bits per heavy atom. The molecule has 98 valence electrons. The topological polar surface area (TPSA) is 46.3 Å². The molecule has 1 aliphatic rings. The van der Waals surface area contributed by atoms with E-state index in [1.807, 2.05) is 0 Å². The summed E-state index contributed by atoms with van der Waals surface area (Å²) in [6.45, 7) is 0. The van der Waals surface area contributed by atoms with Gasteiger partial charge in [0.1, 0.15) is 5.82 Å². The number of para-hydroxylation sites is 1. The predicted octanol–water partition coefficient (Wildman–Crippen LogP) is 2.81. The summed E-state index contributed by atoms with van der Waals surface area (Å²) in [5, 5.41) is 0. The molecule has 0 bridgehead atoms. The highest BCUT2D eigenvalue weighted by Crippen LogP contribution is 2.24. The van der Waals surface area contributed by atoms with Gasteiger partial charge in [-0.2, -0.15) is 0 Å². The fourth-order valence-corrected chi connectivity index (χ4v) is 2.55. The molecule has 1 aliphatic carbocycles. The number of carbonyl (C=O) groups is 1. The smallest absolute Gasteiger partial charge is 0.256 e. The molecule has 0 radical (unpaired) electrons. The Morgan fingerprint density at radius 3 is 2.67 bits per heavy atom. The molecule has 4 heteroatoms. The maximum atomic E-state index is 13.3. The predicted molar refractivity (Wildman–Crippen MR) is 69.8 cm³/mol. The van der Waals surface area contributed by atoms with Gasteiger partial charge in [-0.05, 0) is 25.0 Å². The van der Waals surface area contributed by atoms with Gasteiger partial charge < -0.3 is 10.6 Å². The number of benzene rings is 1. The van der Waals surface area contributed by atoms with Crippen LogP contribution in [0.25, 0.3) is 0 Å². The van der Waals surface area contributed by atoms with Gasteiger partial charge in [-0.3, -0.25) is 4.79 Å². The van der Waals surface area contributed by atoms with E-state index in [-0.39, 0.29) is 23.2 Å². The normalized spacial score (nSPS) is 16.6. The number of anilines is 1. The molecule has 1 saturated carbocycles. The van der Waals surface area contributed by atoms with Gasteiger partial charge in [0.25, 0.3) is 5.91 Å². The fraction of sp³-hybridized carbons (Fsp3) is 0.500. The van der Waals surface area contributed by atoms with Crippen LogP contribution in [0.3, 0.4) is 0 Å². The number of hydrogen-bond donors (Lipinski definition) is 1. The van der Waals surface area contributed by atoms with Crippen LogP contribution in [-0.4, -0.2) is 23.9 Å². The van der Waals surface area contributed by atoms with Crippen LogP contribution in [0.2, 0.25) is 0 Å². The lowest BCUT2D eigenvalue weighted by Gasteiger charge is -2.31. The maximum absolute atomic E-state index is 13.3. The Hall–Kier alpha value is -1.58. The van der Waals surface area contributed by atoms with E-state index in [2.05, 4.69) is 0 Å². The van der Waals surface area contributed by atoms with Crippen molar-refractivity contribution in [1.29, 1.82) is 0 Å². The fourth-order valence-electron chi connectivity index (χ4n) is 2.55. The number of rotatable bonds is 2. The lowest BCUT2D eigenvalue weighted by atomic mass is 9.94. The second-order valence-electron chi connectivity index (χ2n) is 4.91. The first-order valence-corrected chi connectivity index (χ1v) is 6.42. The van der Waals surface area contributed by atoms with E-state index in [1.165, 1.54) is 18.6 Å². The Kier molecular flexibility index (Phi) is 3.84. The third-order valence-corrected chi connectivity index (χ3v) is 3.73. The number of nitrogens with two attached hydrogens (primary N) is 1. The zero-order valence-corrected chi connectivity index (χ0v) is 10.7. The molecule has 2 N–H and O–H groups in total. The van der Waals surface area contributed by atoms with Crippen molar-refractivity contribution in [3.8, 4) is 0 Å². The van der Waals surface area contributed by atoms with Crippen molar-refractivity contribution < 1.29 is 9.18 Å². The number of nitrogens with zero attached hydrogens (tertiary/aromatic N) is 1. The van der Waals surface area contributed by atoms with Gasteiger partial charge in [0.15, 0.2) is 0 Å². The van der Waals surface area contributed by atoms with Crippen molar-refractivity contribution in [2.45, 2.75) is 38.1 Å². The van der Waals surface area contributed by atoms with E-state index in [9.17, 15) is 9.18 Å². The first-order chi connectivity index (χ1) is 8.61. The Bertz CT molecular complexity index is 441. The van der Waals surface area contributed by atoms with Crippen LogP contribution in [0.4, 0.5) is 10.1 Å². The molecule has 0 spiro atoms. The number of amides is 1. The molecule has 1 aromatic rings. The molecule has 0 heterocycles. The number of hydrogen-bond acceptors (Lipinski definition) is 2. The summed E-state index contributed by atoms with van der Waals surface area (Å²) >= 11 is 0. The van der Waals surface area contributed by atoms with Crippen molar-refractivity contribution in [3.05, 3.63) is 29.6 Å². The minimum absolute atomic E-state index is 0.0508. The van der Waals surface area contributed by atoms with Crippen molar-refractivity contribution in [2.24, 2.45) is 0 Å². The third kappa shape index (κ3) is 2.47. The molecule has 18 heavy (non-hydrogen) atoms. The minimum Gasteiger partial charge on any atom is -0.396 e. The van der Waals surface area contributed by atoms with Gasteiger partial charge in [0.05, 0.1) is 11.3 Å². The summed E-state index contributed by atoms with van der Waals surface area (Å²) in [6, 6.07) is 4.63. The van der Waals surface area contributed by atoms with Crippen molar-refractivity contribution in [1.82, 2.24) is 4.90 Å². The molecule has 0 aromatic heterocycles. The largest absolute Gasteiger partial charge is 0.396 e. The SMILES string of the molecule is CN(C(=O)c1cccc(F)c1N)C1CCCCC1. The van der Waals surface area contributed by atoms with Crippen LogP contribution in [-0.2, 0) is 0 Å². The Labute approximate surface area is 107 Å². The average molecular weight is 250 g/mol. The summed E-state index contributed by atoms with van der Waals surface area (Å²) < 4.78 is 13.3. The highest BCUT2D eigenvalue weighted by molar-refractivity contribution is 5.99. The number of carbonyl (C=O) groups excluding carboxylic acids is 1. The van der Waals surface area contributed by atoms with Crippen molar-refractivity contribution in [2.75, 3.05) is 12.8 Å². The molecule has 1 aromatic carbocycles. The van der Waals surface area contributed by atoms with Crippen LogP contribution < -0.4 is 5.73 Å². The van der Waals surface area contributed by atoms with E-state index >= 15 is 0 Å². The second kappa shape index (κ2) is 5.38. The molecule has 2 rings (SSSR count). The Balaban J connectivity index is 2.17. The summed E-state index contributed by atoms with van der Waals surface area (Å²) in [5.41, 5.74) is 5.84. The van der Waals surface area contributed by atoms with E-state index < -0.39 is 5.82 Å². The lowest BCUT2D eigenvalue weighted by Crippen LogP contribution is -2.38. The van der Waals surface area contributed by atoms with Gasteiger partial charge in [-0.1, -0.05) is 25.3 Å². The van der Waals surface area contributed by atoms with Crippen molar-refractivity contribution in [3.63, 3.8) is 0 Å². The first-order valence-electron chi connectivity index (χ1n) is 6.42. The van der Waals surface area contributed by atoms with Crippen LogP contribution in [0, 0.1) is 5.82 Å². The van der Waals surface area contributed by atoms with Gasteiger partial charge >= 0.3 is 0 Å². The third-order valence-electron chi connectivity index (χ3n) is 3.73. The standard InChI is InChI=1S/C14H19FN2O/c1-17(10-6-3-2-4-7-10)14(18)11-8-5-9-12(15)13(11)16/h5,8-10H,2-4,6-7,16H2,1H3. The molecule has 3 nitrogen and oxygen atoms in total. The molecular weight excluding hydrogens is 231 g/mol. The van der Waals surface area contributed by atoms with Crippen LogP contribution in [0.1, 0.15) is 42.5 Å². The first kappa shape index (κ1) is 12.9. The minimum atomic E-state index is -0.530. The van der Waals surface area contributed by atoms with E-state index in [0.29, 0.717) is 0 Å². The molecule has 1 amide bonds. The highest BCUT2D eigenvalue weighted by atomic mass is 19.1. The zero-order chi connectivity index (χ0) is 13.1. The number of halogens is 1.